The summed E-state index contributed by atoms with van der Waals surface area (Å²) >= 11 is 0. The maximum absolute atomic E-state index is 12.7. The van der Waals surface area contributed by atoms with Gasteiger partial charge in [0.1, 0.15) is 12.2 Å². The van der Waals surface area contributed by atoms with Gasteiger partial charge in [-0.1, -0.05) is 34.3 Å². The Balaban J connectivity index is -0.000000403. The molecule has 0 aliphatic rings. The molecule has 0 saturated heterocycles. The summed E-state index contributed by atoms with van der Waals surface area (Å²) in [4.78, 5) is 43.1. The minimum absolute atomic E-state index is 0.152. The molecule has 0 radical (unpaired) electrons. The molecule has 370 valence electrons. The Morgan fingerprint density at radius 3 is 1.02 bits per heavy atom. The normalized spacial score (nSPS) is 18.3. The number of methoxy groups -OCH3 is 2. The van der Waals surface area contributed by atoms with Crippen molar-refractivity contribution in [2.45, 2.75) is 172 Å². The third-order valence-corrected chi connectivity index (χ3v) is 8.51. The van der Waals surface area contributed by atoms with Gasteiger partial charge in [-0.15, -0.1) is 0 Å². The van der Waals surface area contributed by atoms with Gasteiger partial charge in [0.2, 0.25) is 11.5 Å². The smallest absolute Gasteiger partial charge is 0.417 e. The molecular weight excluding hydrogens is 890 g/mol. The average molecular weight is 947 g/mol. The fraction of sp³-hybridized carbons (Fsp3) is 0.833. The van der Waals surface area contributed by atoms with E-state index >= 15 is 0 Å². The largest absolute Gasteiger partial charge is 0.467 e. The molecular formula is C36H56F14O12. The van der Waals surface area contributed by atoms with Gasteiger partial charge in [0.25, 0.3) is 0 Å². The summed E-state index contributed by atoms with van der Waals surface area (Å²) in [5.74, 6) is -5.67. The first-order valence-electron chi connectivity index (χ1n) is 18.0. The Kier molecular flexibility index (Phi) is 26.3. The van der Waals surface area contributed by atoms with Gasteiger partial charge in [-0.05, 0) is 47.5 Å². The lowest BCUT2D eigenvalue weighted by Gasteiger charge is -2.35. The molecule has 0 amide bonds. The minimum atomic E-state index is -5.14. The van der Waals surface area contributed by atoms with E-state index in [4.69, 9.17) is 4.74 Å². The van der Waals surface area contributed by atoms with Gasteiger partial charge in [-0.3, -0.25) is 9.59 Å². The van der Waals surface area contributed by atoms with Crippen molar-refractivity contribution in [3.8, 4) is 0 Å². The lowest BCUT2D eigenvalue weighted by atomic mass is 9.89. The second kappa shape index (κ2) is 25.1. The number of esters is 4. The average Bonchev–Trinajstić information content (AvgIpc) is 3.08. The molecule has 12 nitrogen and oxygen atoms in total. The third kappa shape index (κ3) is 23.8. The Labute approximate surface area is 348 Å². The van der Waals surface area contributed by atoms with Crippen molar-refractivity contribution in [2.24, 2.45) is 5.92 Å². The summed E-state index contributed by atoms with van der Waals surface area (Å²) in [6, 6.07) is 0. The summed E-state index contributed by atoms with van der Waals surface area (Å²) in [6.07, 6.45) is -29.6. The van der Waals surface area contributed by atoms with Gasteiger partial charge >= 0.3 is 48.6 Å². The minimum Gasteiger partial charge on any atom is -0.467 e. The molecule has 0 aromatic rings. The SMILES string of the molecule is C=C(F)C(=O)OC.CCC(=O)OC(CC(C)(O)C(F)(F)F)CC(C)(O)C(F)(F)F.CCC(C)(F)C(=O)OC.CCC(C)C(=O)OC(CC(C)(O)C(F)(F)F)CC(C)(O)C(F)(F)F. The summed E-state index contributed by atoms with van der Waals surface area (Å²) in [5.41, 5.74) is -15.3. The molecule has 0 spiro atoms. The van der Waals surface area contributed by atoms with E-state index in [0.717, 1.165) is 7.11 Å². The number of carbonyl (C=O) groups excluding carboxylic acids is 4. The van der Waals surface area contributed by atoms with E-state index in [1.807, 2.05) is 0 Å². The second-order valence-electron chi connectivity index (χ2n) is 14.7. The third-order valence-electron chi connectivity index (χ3n) is 8.51. The Morgan fingerprint density at radius 1 is 0.565 bits per heavy atom. The first kappa shape index (κ1) is 65.1. The van der Waals surface area contributed by atoms with Crippen LogP contribution in [-0.2, 0) is 38.1 Å². The van der Waals surface area contributed by atoms with Crippen LogP contribution in [0.25, 0.3) is 0 Å². The fourth-order valence-corrected chi connectivity index (χ4v) is 3.73. The van der Waals surface area contributed by atoms with E-state index < -0.39 is 126 Å². The molecule has 0 aliphatic heterocycles. The van der Waals surface area contributed by atoms with E-state index in [9.17, 15) is 101 Å². The maximum Gasteiger partial charge on any atom is 0.417 e. The first-order valence-corrected chi connectivity index (χ1v) is 18.0. The molecule has 0 aromatic carbocycles. The molecule has 0 aliphatic carbocycles. The van der Waals surface area contributed by atoms with E-state index in [-0.39, 0.29) is 19.3 Å². The monoisotopic (exact) mass is 946 g/mol. The van der Waals surface area contributed by atoms with E-state index in [1.165, 1.54) is 27.9 Å². The molecule has 4 N–H and O–H groups in total. The van der Waals surface area contributed by atoms with Crippen molar-refractivity contribution < 1.29 is 120 Å². The van der Waals surface area contributed by atoms with Crippen molar-refractivity contribution in [1.82, 2.24) is 0 Å². The van der Waals surface area contributed by atoms with Crippen molar-refractivity contribution in [1.29, 1.82) is 0 Å². The highest BCUT2D eigenvalue weighted by Gasteiger charge is 2.57. The Morgan fingerprint density at radius 2 is 0.855 bits per heavy atom. The molecule has 0 saturated carbocycles. The topological polar surface area (TPSA) is 186 Å². The van der Waals surface area contributed by atoms with Gasteiger partial charge in [-0.25, -0.2) is 14.0 Å². The van der Waals surface area contributed by atoms with Crippen molar-refractivity contribution in [3.63, 3.8) is 0 Å². The maximum atomic E-state index is 12.7. The van der Waals surface area contributed by atoms with E-state index in [1.54, 1.807) is 13.8 Å². The Bertz CT molecular complexity index is 1350. The van der Waals surface area contributed by atoms with Crippen LogP contribution in [0.15, 0.2) is 12.4 Å². The fourth-order valence-electron chi connectivity index (χ4n) is 3.73. The van der Waals surface area contributed by atoms with Gasteiger partial charge in [0.05, 0.1) is 20.1 Å². The van der Waals surface area contributed by atoms with Crippen LogP contribution in [0.3, 0.4) is 0 Å². The number of carbonyl (C=O) groups is 4. The summed E-state index contributed by atoms with van der Waals surface area (Å²) < 4.78 is 194. The molecule has 0 fully saturated rings. The highest BCUT2D eigenvalue weighted by Crippen LogP contribution is 2.41. The van der Waals surface area contributed by atoms with Crippen molar-refractivity contribution in [3.05, 3.63) is 12.4 Å². The molecule has 0 heterocycles. The van der Waals surface area contributed by atoms with Crippen LogP contribution in [-0.4, -0.2) is 124 Å². The van der Waals surface area contributed by atoms with E-state index in [0.29, 0.717) is 27.7 Å². The van der Waals surface area contributed by atoms with Crippen molar-refractivity contribution in [2.75, 3.05) is 14.2 Å². The number of halogens is 14. The van der Waals surface area contributed by atoms with Crippen LogP contribution in [0, 0.1) is 5.92 Å². The quantitative estimate of drug-likeness (QED) is 0.0507. The van der Waals surface area contributed by atoms with Gasteiger partial charge in [-0.2, -0.15) is 57.1 Å². The number of alkyl halides is 13. The number of hydrogen-bond acceptors (Lipinski definition) is 12. The first-order chi connectivity index (χ1) is 27.2. The molecule has 6 unspecified atom stereocenters. The van der Waals surface area contributed by atoms with Gasteiger partial charge in [0, 0.05) is 32.1 Å². The van der Waals surface area contributed by atoms with Gasteiger partial charge < -0.3 is 39.4 Å². The molecule has 62 heavy (non-hydrogen) atoms. The zero-order valence-electron chi connectivity index (χ0n) is 35.7. The molecule has 0 bridgehead atoms. The van der Waals surface area contributed by atoms with Crippen molar-refractivity contribution >= 4 is 23.9 Å². The summed E-state index contributed by atoms with van der Waals surface area (Å²) in [7, 11) is 2.27. The molecule has 0 aromatic heterocycles. The second-order valence-corrected chi connectivity index (χ2v) is 14.7. The number of rotatable bonds is 16. The Hall–Kier alpha value is -3.52. The van der Waals surface area contributed by atoms with Crippen LogP contribution in [0.2, 0.25) is 0 Å². The number of aliphatic hydroxyl groups is 4. The zero-order chi connectivity index (χ0) is 50.9. The lowest BCUT2D eigenvalue weighted by molar-refractivity contribution is -0.277. The summed E-state index contributed by atoms with van der Waals surface area (Å²) in [6.45, 7) is 11.2. The zero-order valence-corrected chi connectivity index (χ0v) is 35.7. The standard InChI is InChI=1S/C14H22F6O4.C12H18F6O4.C6H11FO2.C4H5FO2/c1-5-8(2)10(21)24-9(6-11(3,22)13(15,16)17)7-12(4,23)14(18,19)20;1-4-8(19)22-7(5-9(2,20)11(13,14)15)6-10(3,21)12(16,17)18;1-4-6(2,7)5(8)9-3;1-3(5)4(6)7-2/h8-9,22-23H,5-7H2,1-4H3;7,20-21H,4-6H2,1-3H3;4H2,1-3H3;1H2,2H3. The van der Waals surface area contributed by atoms with E-state index in [2.05, 4.69) is 20.8 Å². The highest BCUT2D eigenvalue weighted by molar-refractivity contribution is 5.84. The lowest BCUT2D eigenvalue weighted by Crippen LogP contribution is -2.50. The predicted octanol–water partition coefficient (Wildman–Crippen LogP) is 8.01. The molecule has 0 rings (SSSR count). The van der Waals surface area contributed by atoms with Gasteiger partial charge in [0.15, 0.2) is 22.4 Å². The summed E-state index contributed by atoms with van der Waals surface area (Å²) in [5, 5.41) is 37.6. The highest BCUT2D eigenvalue weighted by atomic mass is 19.4. The molecule has 26 heteroatoms. The predicted molar refractivity (Wildman–Crippen MR) is 189 cm³/mol. The van der Waals surface area contributed by atoms with Crippen LogP contribution in [0.1, 0.15) is 107 Å². The molecule has 6 atom stereocenters. The van der Waals surface area contributed by atoms with Crippen LogP contribution in [0.5, 0.6) is 0 Å². The number of ether oxygens (including phenoxy) is 4. The van der Waals surface area contributed by atoms with Crippen LogP contribution < -0.4 is 0 Å². The van der Waals surface area contributed by atoms with Crippen LogP contribution >= 0.6 is 0 Å². The van der Waals surface area contributed by atoms with Crippen LogP contribution in [0.4, 0.5) is 61.5 Å². The number of hydrogen-bond donors (Lipinski definition) is 4.